The molecule has 3 heteroatoms. The van der Waals surface area contributed by atoms with E-state index in [2.05, 4.69) is 37.5 Å². The van der Waals surface area contributed by atoms with E-state index in [0.29, 0.717) is 6.04 Å². The molecule has 1 atom stereocenters. The summed E-state index contributed by atoms with van der Waals surface area (Å²) in [6.07, 6.45) is 18.6. The Morgan fingerprint density at radius 1 is 0.895 bits per heavy atom. The molecule has 1 unspecified atom stereocenters. The van der Waals surface area contributed by atoms with Gasteiger partial charge in [-0.3, -0.25) is 4.90 Å². The molecule has 19 heavy (non-hydrogen) atoms. The van der Waals surface area contributed by atoms with Crippen LogP contribution in [-0.2, 0) is 21.8 Å². The molecule has 1 heterocycles. The maximum atomic E-state index is 5.33. The molecule has 2 saturated carbocycles. The van der Waals surface area contributed by atoms with E-state index < -0.39 is 0 Å². The molecule has 10 radical (unpaired) electrons. The summed E-state index contributed by atoms with van der Waals surface area (Å²) in [4.78, 5) is 2.47. The zero-order valence-corrected chi connectivity index (χ0v) is 12.4. The molecule has 1 aliphatic heterocycles. The summed E-state index contributed by atoms with van der Waals surface area (Å²) < 4.78 is 5.33. The Morgan fingerprint density at radius 3 is 1.84 bits per heavy atom. The van der Waals surface area contributed by atoms with Crippen molar-refractivity contribution < 1.29 is 21.8 Å². The fourth-order valence-corrected chi connectivity index (χ4v) is 2.16. The van der Waals surface area contributed by atoms with Crippen LogP contribution in [0.25, 0.3) is 0 Å². The first-order chi connectivity index (χ1) is 8.88. The Balaban J connectivity index is 0.000000256. The summed E-state index contributed by atoms with van der Waals surface area (Å²) in [6.45, 7) is 6.15. The summed E-state index contributed by atoms with van der Waals surface area (Å²) in [6, 6.07) is 0.541. The standard InChI is InChI=1S/C11H16NO.C5H5.Fe/c1-10(11-4-2-3-5-11)12-6-8-13-9-7-12;1-2-4-5-3-1;/h2-5,10H,6-9H2,1H3;1-5H;/q;;+2. The van der Waals surface area contributed by atoms with Gasteiger partial charge in [-0.1, -0.05) is 0 Å². The zero-order valence-electron chi connectivity index (χ0n) is 11.3. The van der Waals surface area contributed by atoms with Gasteiger partial charge in [-0.15, -0.1) is 0 Å². The molecule has 0 amide bonds. The third kappa shape index (κ3) is 6.16. The average Bonchev–Trinajstić information content (AvgIpc) is 3.14. The van der Waals surface area contributed by atoms with Crippen LogP contribution < -0.4 is 0 Å². The summed E-state index contributed by atoms with van der Waals surface area (Å²) >= 11 is 0. The van der Waals surface area contributed by atoms with Gasteiger partial charge in [0.15, 0.2) is 0 Å². The Morgan fingerprint density at radius 2 is 1.37 bits per heavy atom. The first-order valence-electron chi connectivity index (χ1n) is 6.58. The van der Waals surface area contributed by atoms with Gasteiger partial charge in [-0.05, 0) is 64.7 Å². The number of hydrogen-bond acceptors (Lipinski definition) is 2. The molecule has 0 spiro atoms. The van der Waals surface area contributed by atoms with Crippen molar-refractivity contribution in [1.82, 2.24) is 4.90 Å². The van der Waals surface area contributed by atoms with Gasteiger partial charge in [0.2, 0.25) is 0 Å². The van der Waals surface area contributed by atoms with Crippen molar-refractivity contribution in [3.05, 3.63) is 63.7 Å². The van der Waals surface area contributed by atoms with E-state index in [1.165, 1.54) is 5.92 Å². The Bertz CT molecular complexity index is 201. The zero-order chi connectivity index (χ0) is 12.6. The molecule has 102 valence electrons. The van der Waals surface area contributed by atoms with E-state index >= 15 is 0 Å². The van der Waals surface area contributed by atoms with Gasteiger partial charge in [0, 0.05) is 25.0 Å². The van der Waals surface area contributed by atoms with Crippen LogP contribution in [0.4, 0.5) is 0 Å². The molecule has 0 aromatic rings. The molecule has 3 aliphatic rings. The molecule has 2 aliphatic carbocycles. The fourth-order valence-electron chi connectivity index (χ4n) is 2.16. The second-order valence-corrected chi connectivity index (χ2v) is 4.50. The topological polar surface area (TPSA) is 12.5 Å². The van der Waals surface area contributed by atoms with E-state index in [9.17, 15) is 0 Å². The molecule has 0 N–H and O–H groups in total. The SMILES string of the molecule is CC([C]1[CH][CH][CH][CH]1)N1CCOCC1.[CH]1[CH][CH][CH][CH]1.[Fe+2]. The van der Waals surface area contributed by atoms with Crippen LogP contribution in [-0.4, -0.2) is 37.2 Å². The maximum Gasteiger partial charge on any atom is 2.00 e. The van der Waals surface area contributed by atoms with Gasteiger partial charge >= 0.3 is 17.1 Å². The van der Waals surface area contributed by atoms with Gasteiger partial charge in [0.25, 0.3) is 0 Å². The molecule has 2 nitrogen and oxygen atoms in total. The van der Waals surface area contributed by atoms with E-state index in [4.69, 9.17) is 4.74 Å². The van der Waals surface area contributed by atoms with Crippen molar-refractivity contribution in [2.75, 3.05) is 26.3 Å². The minimum atomic E-state index is 0. The molecule has 0 bridgehead atoms. The third-order valence-electron chi connectivity index (χ3n) is 3.32. The quantitative estimate of drug-likeness (QED) is 0.724. The van der Waals surface area contributed by atoms with Crippen LogP contribution >= 0.6 is 0 Å². The summed E-state index contributed by atoms with van der Waals surface area (Å²) in [5.41, 5.74) is 0. The first-order valence-corrected chi connectivity index (χ1v) is 6.58. The summed E-state index contributed by atoms with van der Waals surface area (Å²) in [7, 11) is 0. The van der Waals surface area contributed by atoms with E-state index in [-0.39, 0.29) is 17.1 Å². The van der Waals surface area contributed by atoms with Gasteiger partial charge in [0.1, 0.15) is 0 Å². The van der Waals surface area contributed by atoms with E-state index in [0.717, 1.165) is 26.3 Å². The fraction of sp³-hybridized carbons (Fsp3) is 0.375. The second kappa shape index (κ2) is 10.2. The Kier molecular flexibility index (Phi) is 9.40. The van der Waals surface area contributed by atoms with Crippen molar-refractivity contribution in [3.8, 4) is 0 Å². The summed E-state index contributed by atoms with van der Waals surface area (Å²) in [5.74, 6) is 1.42. The monoisotopic (exact) mass is 299 g/mol. The first kappa shape index (κ1) is 17.5. The van der Waals surface area contributed by atoms with E-state index in [1.807, 2.05) is 32.1 Å². The Labute approximate surface area is 130 Å². The minimum absolute atomic E-state index is 0. The molecule has 1 saturated heterocycles. The average molecular weight is 299 g/mol. The van der Waals surface area contributed by atoms with Gasteiger partial charge < -0.3 is 4.74 Å². The maximum absolute atomic E-state index is 5.33. The van der Waals surface area contributed by atoms with Crippen LogP contribution in [0.5, 0.6) is 0 Å². The molecule has 0 aromatic carbocycles. The van der Waals surface area contributed by atoms with Crippen molar-refractivity contribution in [1.29, 1.82) is 0 Å². The molecule has 3 rings (SSSR count). The van der Waals surface area contributed by atoms with Crippen molar-refractivity contribution >= 4 is 0 Å². The van der Waals surface area contributed by atoms with Crippen LogP contribution in [0, 0.1) is 63.7 Å². The predicted molar refractivity (Wildman–Crippen MR) is 73.8 cm³/mol. The largest absolute Gasteiger partial charge is 2.00 e. The number of hydrogen-bond donors (Lipinski definition) is 0. The van der Waals surface area contributed by atoms with Gasteiger partial charge in [-0.25, -0.2) is 0 Å². The predicted octanol–water partition coefficient (Wildman–Crippen LogP) is 2.13. The van der Waals surface area contributed by atoms with Crippen molar-refractivity contribution in [2.24, 2.45) is 0 Å². The van der Waals surface area contributed by atoms with Gasteiger partial charge in [0.05, 0.1) is 13.2 Å². The molecule has 0 aromatic heterocycles. The molecular weight excluding hydrogens is 278 g/mol. The molecular formula is C16H21FeNO+2. The number of rotatable bonds is 2. The number of nitrogens with zero attached hydrogens (tertiary/aromatic N) is 1. The van der Waals surface area contributed by atoms with Crippen molar-refractivity contribution in [2.45, 2.75) is 13.0 Å². The summed E-state index contributed by atoms with van der Waals surface area (Å²) in [5, 5.41) is 0. The van der Waals surface area contributed by atoms with Crippen LogP contribution in [0.1, 0.15) is 6.92 Å². The number of morpholine rings is 1. The van der Waals surface area contributed by atoms with E-state index in [1.54, 1.807) is 0 Å². The minimum Gasteiger partial charge on any atom is -0.379 e. The van der Waals surface area contributed by atoms with Crippen LogP contribution in [0.2, 0.25) is 0 Å². The molecule has 3 fully saturated rings. The normalized spacial score (nSPS) is 26.4. The van der Waals surface area contributed by atoms with Crippen LogP contribution in [0.3, 0.4) is 0 Å². The van der Waals surface area contributed by atoms with Crippen molar-refractivity contribution in [3.63, 3.8) is 0 Å². The Hall–Kier alpha value is 0.439. The van der Waals surface area contributed by atoms with Gasteiger partial charge in [-0.2, -0.15) is 0 Å². The second-order valence-electron chi connectivity index (χ2n) is 4.50. The smallest absolute Gasteiger partial charge is 0.379 e. The third-order valence-corrected chi connectivity index (χ3v) is 3.32. The number of ether oxygens (including phenoxy) is 1. The van der Waals surface area contributed by atoms with Crippen LogP contribution in [0.15, 0.2) is 0 Å².